The first-order valence-electron chi connectivity index (χ1n) is 6.42. The van der Waals surface area contributed by atoms with Crippen molar-refractivity contribution in [2.24, 2.45) is 0 Å². The Balaban J connectivity index is 1.53. The van der Waals surface area contributed by atoms with E-state index in [1.165, 1.54) is 17.5 Å². The summed E-state index contributed by atoms with van der Waals surface area (Å²) < 4.78 is 0. The van der Waals surface area contributed by atoms with Gasteiger partial charge >= 0.3 is 0 Å². The molecule has 1 aliphatic carbocycles. The molecule has 2 heterocycles. The van der Waals surface area contributed by atoms with Gasteiger partial charge in [-0.05, 0) is 29.0 Å². The third-order valence-electron chi connectivity index (χ3n) is 3.74. The maximum Gasteiger partial charge on any atom is 0.138 e. The highest BCUT2D eigenvalue weighted by atomic mass is 32.1. The molecule has 1 aromatic carbocycles. The number of aromatic nitrogens is 2. The summed E-state index contributed by atoms with van der Waals surface area (Å²) in [4.78, 5) is 9.66. The Hall–Kier alpha value is -1.94. The zero-order valence-electron chi connectivity index (χ0n) is 10.3. The van der Waals surface area contributed by atoms with E-state index in [0.717, 1.165) is 22.6 Å². The van der Waals surface area contributed by atoms with Gasteiger partial charge in [-0.15, -0.1) is 11.3 Å². The summed E-state index contributed by atoms with van der Waals surface area (Å²) >= 11 is 1.65. The van der Waals surface area contributed by atoms with Crippen LogP contribution in [0.25, 0.3) is 10.2 Å². The molecule has 3 aromatic rings. The van der Waals surface area contributed by atoms with E-state index in [9.17, 15) is 0 Å². The maximum atomic E-state index is 4.35. The second-order valence-electron chi connectivity index (χ2n) is 4.84. The highest BCUT2D eigenvalue weighted by Gasteiger charge is 2.25. The first-order valence-corrected chi connectivity index (χ1v) is 7.29. The van der Waals surface area contributed by atoms with Gasteiger partial charge in [0.2, 0.25) is 0 Å². The van der Waals surface area contributed by atoms with E-state index in [4.69, 9.17) is 0 Å². The number of nitrogens with zero attached hydrogens (tertiary/aromatic N) is 2. The van der Waals surface area contributed by atoms with Crippen LogP contribution in [0.1, 0.15) is 17.0 Å². The zero-order valence-corrected chi connectivity index (χ0v) is 11.2. The number of rotatable bonds is 3. The highest BCUT2D eigenvalue weighted by molar-refractivity contribution is 7.16. The van der Waals surface area contributed by atoms with Gasteiger partial charge in [-0.25, -0.2) is 9.97 Å². The fourth-order valence-corrected chi connectivity index (χ4v) is 3.43. The molecule has 19 heavy (non-hydrogen) atoms. The van der Waals surface area contributed by atoms with Crippen LogP contribution >= 0.6 is 11.3 Å². The molecule has 1 aliphatic rings. The zero-order chi connectivity index (χ0) is 12.7. The summed E-state index contributed by atoms with van der Waals surface area (Å²) in [5.74, 6) is 1.57. The Morgan fingerprint density at radius 3 is 3.11 bits per heavy atom. The molecule has 3 nitrogen and oxygen atoms in total. The standard InChI is InChI=1S/C15H13N3S/c1-2-4-12-10(3-1)7-11(12)8-16-14-13-5-6-19-15(13)18-9-17-14/h1-6,9,11H,7-8H2,(H,16,17,18). The first-order chi connectivity index (χ1) is 9.42. The number of thiophene rings is 1. The second-order valence-corrected chi connectivity index (χ2v) is 5.74. The molecule has 94 valence electrons. The minimum absolute atomic E-state index is 0.611. The molecule has 0 radical (unpaired) electrons. The van der Waals surface area contributed by atoms with Crippen molar-refractivity contribution in [2.75, 3.05) is 11.9 Å². The SMILES string of the molecule is c1ccc2c(c1)CC2CNc1ncnc2sccc12. The molecule has 4 heteroatoms. The van der Waals surface area contributed by atoms with Crippen LogP contribution < -0.4 is 5.32 Å². The summed E-state index contributed by atoms with van der Waals surface area (Å²) in [6, 6.07) is 10.8. The van der Waals surface area contributed by atoms with Gasteiger partial charge < -0.3 is 5.32 Å². The van der Waals surface area contributed by atoms with Crippen molar-refractivity contribution in [3.63, 3.8) is 0 Å². The minimum Gasteiger partial charge on any atom is -0.369 e. The van der Waals surface area contributed by atoms with E-state index in [2.05, 4.69) is 51.0 Å². The summed E-state index contributed by atoms with van der Waals surface area (Å²) in [6.45, 7) is 0.943. The molecular weight excluding hydrogens is 254 g/mol. The van der Waals surface area contributed by atoms with Crippen LogP contribution in [0.5, 0.6) is 0 Å². The fraction of sp³-hybridized carbons (Fsp3) is 0.200. The van der Waals surface area contributed by atoms with Crippen LogP contribution in [0, 0.1) is 0 Å². The molecule has 1 atom stereocenters. The van der Waals surface area contributed by atoms with Gasteiger partial charge in [0.15, 0.2) is 0 Å². The number of nitrogens with one attached hydrogen (secondary N) is 1. The van der Waals surface area contributed by atoms with E-state index in [1.54, 1.807) is 17.7 Å². The fourth-order valence-electron chi connectivity index (χ4n) is 2.70. The average Bonchev–Trinajstić information content (AvgIpc) is 2.89. The smallest absolute Gasteiger partial charge is 0.138 e. The Morgan fingerprint density at radius 2 is 2.16 bits per heavy atom. The number of anilines is 1. The van der Waals surface area contributed by atoms with Crippen molar-refractivity contribution in [1.29, 1.82) is 0 Å². The van der Waals surface area contributed by atoms with Gasteiger partial charge in [-0.2, -0.15) is 0 Å². The molecule has 0 saturated carbocycles. The van der Waals surface area contributed by atoms with E-state index in [0.29, 0.717) is 5.92 Å². The van der Waals surface area contributed by atoms with Crippen LogP contribution in [0.15, 0.2) is 42.0 Å². The Kier molecular flexibility index (Phi) is 2.48. The number of benzene rings is 1. The number of hydrogen-bond donors (Lipinski definition) is 1. The lowest BCUT2D eigenvalue weighted by molar-refractivity contribution is 0.635. The van der Waals surface area contributed by atoms with Gasteiger partial charge in [-0.3, -0.25) is 0 Å². The molecule has 0 saturated heterocycles. The summed E-state index contributed by atoms with van der Waals surface area (Å²) in [6.07, 6.45) is 2.80. The highest BCUT2D eigenvalue weighted by Crippen LogP contribution is 2.35. The Morgan fingerprint density at radius 1 is 1.21 bits per heavy atom. The molecule has 0 amide bonds. The van der Waals surface area contributed by atoms with Crippen molar-refractivity contribution < 1.29 is 0 Å². The summed E-state index contributed by atoms with van der Waals surface area (Å²) in [5.41, 5.74) is 2.96. The van der Waals surface area contributed by atoms with Crippen LogP contribution in [0.4, 0.5) is 5.82 Å². The molecule has 0 spiro atoms. The van der Waals surface area contributed by atoms with Gasteiger partial charge in [0, 0.05) is 12.5 Å². The molecule has 0 bridgehead atoms. The van der Waals surface area contributed by atoms with Crippen LogP contribution in [-0.2, 0) is 6.42 Å². The van der Waals surface area contributed by atoms with E-state index in [1.807, 2.05) is 0 Å². The summed E-state index contributed by atoms with van der Waals surface area (Å²) in [7, 11) is 0. The summed E-state index contributed by atoms with van der Waals surface area (Å²) in [5, 5.41) is 6.66. The largest absolute Gasteiger partial charge is 0.369 e. The van der Waals surface area contributed by atoms with Crippen LogP contribution in [0.3, 0.4) is 0 Å². The predicted molar refractivity (Wildman–Crippen MR) is 78.8 cm³/mol. The Bertz CT molecular complexity index is 735. The predicted octanol–water partition coefficient (Wildman–Crippen LogP) is 3.44. The van der Waals surface area contributed by atoms with Crippen LogP contribution in [-0.4, -0.2) is 16.5 Å². The Labute approximate surface area is 115 Å². The van der Waals surface area contributed by atoms with Gasteiger partial charge in [0.05, 0.1) is 5.39 Å². The molecule has 0 aliphatic heterocycles. The lowest BCUT2D eigenvalue weighted by Crippen LogP contribution is -2.24. The van der Waals surface area contributed by atoms with E-state index < -0.39 is 0 Å². The van der Waals surface area contributed by atoms with E-state index >= 15 is 0 Å². The molecule has 1 N–H and O–H groups in total. The van der Waals surface area contributed by atoms with Crippen molar-refractivity contribution in [3.05, 3.63) is 53.2 Å². The molecule has 0 fully saturated rings. The van der Waals surface area contributed by atoms with Crippen molar-refractivity contribution in [2.45, 2.75) is 12.3 Å². The molecule has 4 rings (SSSR count). The molecular formula is C15H13N3S. The lowest BCUT2D eigenvalue weighted by atomic mass is 9.77. The minimum atomic E-state index is 0.611. The monoisotopic (exact) mass is 267 g/mol. The van der Waals surface area contributed by atoms with Crippen molar-refractivity contribution in [3.8, 4) is 0 Å². The van der Waals surface area contributed by atoms with Gasteiger partial charge in [0.1, 0.15) is 17.0 Å². The van der Waals surface area contributed by atoms with E-state index in [-0.39, 0.29) is 0 Å². The third kappa shape index (κ3) is 1.79. The third-order valence-corrected chi connectivity index (χ3v) is 4.56. The van der Waals surface area contributed by atoms with Crippen LogP contribution in [0.2, 0.25) is 0 Å². The normalized spacial score (nSPS) is 16.9. The first kappa shape index (κ1) is 10.9. The molecule has 2 aromatic heterocycles. The number of fused-ring (bicyclic) bond motifs is 2. The van der Waals surface area contributed by atoms with Gasteiger partial charge in [0.25, 0.3) is 0 Å². The average molecular weight is 267 g/mol. The topological polar surface area (TPSA) is 37.8 Å². The lowest BCUT2D eigenvalue weighted by Gasteiger charge is -2.30. The van der Waals surface area contributed by atoms with Crippen molar-refractivity contribution in [1.82, 2.24) is 9.97 Å². The maximum absolute atomic E-state index is 4.35. The quantitative estimate of drug-likeness (QED) is 0.790. The number of hydrogen-bond acceptors (Lipinski definition) is 4. The van der Waals surface area contributed by atoms with Crippen molar-refractivity contribution >= 4 is 27.4 Å². The molecule has 1 unspecified atom stereocenters. The second kappa shape index (κ2) is 4.31. The van der Waals surface area contributed by atoms with Gasteiger partial charge in [-0.1, -0.05) is 24.3 Å².